The van der Waals surface area contributed by atoms with Crippen LogP contribution in [-0.2, 0) is 10.3 Å². The van der Waals surface area contributed by atoms with Gasteiger partial charge in [0, 0.05) is 18.8 Å². The molecule has 0 aliphatic carbocycles. The number of hydrogen-bond donors (Lipinski definition) is 2. The summed E-state index contributed by atoms with van der Waals surface area (Å²) in [7, 11) is 1.51. The lowest BCUT2D eigenvalue weighted by molar-refractivity contribution is -0.0315. The third-order valence-corrected chi connectivity index (χ3v) is 4.42. The second-order valence-corrected chi connectivity index (χ2v) is 6.64. The zero-order valence-electron chi connectivity index (χ0n) is 13.8. The number of alkyl halides is 2. The number of furan rings is 1. The molecule has 1 aliphatic rings. The van der Waals surface area contributed by atoms with Crippen molar-refractivity contribution in [1.82, 2.24) is 5.32 Å². The van der Waals surface area contributed by atoms with Crippen molar-refractivity contribution in [1.29, 1.82) is 0 Å². The molecule has 138 valence electrons. The Hall–Kier alpha value is -2.26. The van der Waals surface area contributed by atoms with Crippen LogP contribution < -0.4 is 10.6 Å². The predicted octanol–water partition coefficient (Wildman–Crippen LogP) is 3.40. The van der Waals surface area contributed by atoms with E-state index in [4.69, 9.17) is 9.15 Å². The van der Waals surface area contributed by atoms with Crippen molar-refractivity contribution >= 4 is 33.4 Å². The van der Waals surface area contributed by atoms with Crippen molar-refractivity contribution in [3.8, 4) is 0 Å². The van der Waals surface area contributed by atoms with Crippen molar-refractivity contribution in [2.75, 3.05) is 25.6 Å². The fourth-order valence-electron chi connectivity index (χ4n) is 2.66. The van der Waals surface area contributed by atoms with Gasteiger partial charge in [-0.25, -0.2) is 8.78 Å². The summed E-state index contributed by atoms with van der Waals surface area (Å²) in [6, 6.07) is 7.75. The monoisotopic (exact) mass is 427 g/mol. The molecule has 1 aromatic carbocycles. The number of carbonyl (C=O) groups is 1. The van der Waals surface area contributed by atoms with Crippen LogP contribution in [0.1, 0.15) is 16.1 Å². The molecule has 0 bridgehead atoms. The number of morpholine rings is 1. The van der Waals surface area contributed by atoms with Crippen molar-refractivity contribution in [3.05, 3.63) is 52.4 Å². The molecule has 1 amide bonds. The lowest BCUT2D eigenvalue weighted by Gasteiger charge is -2.39. The number of aliphatic imine (C=N–C) groups is 1. The Bertz CT molecular complexity index is 840. The van der Waals surface area contributed by atoms with Crippen LogP contribution in [-0.4, -0.2) is 38.4 Å². The molecule has 0 spiro atoms. The van der Waals surface area contributed by atoms with Crippen molar-refractivity contribution in [3.63, 3.8) is 0 Å². The first-order chi connectivity index (χ1) is 12.4. The molecule has 6 nitrogen and oxygen atoms in total. The first-order valence-electron chi connectivity index (χ1n) is 7.70. The number of benzene rings is 1. The van der Waals surface area contributed by atoms with E-state index in [-0.39, 0.29) is 24.5 Å². The van der Waals surface area contributed by atoms with Crippen LogP contribution >= 0.6 is 15.9 Å². The van der Waals surface area contributed by atoms with Crippen molar-refractivity contribution in [2.24, 2.45) is 4.99 Å². The van der Waals surface area contributed by atoms with Gasteiger partial charge in [0.15, 0.2) is 5.76 Å². The maximum Gasteiger partial charge on any atom is 0.291 e. The van der Waals surface area contributed by atoms with Crippen LogP contribution in [0.25, 0.3) is 0 Å². The number of anilines is 1. The Balaban J connectivity index is 1.88. The van der Waals surface area contributed by atoms with Gasteiger partial charge in [-0.3, -0.25) is 9.79 Å². The largest absolute Gasteiger partial charge is 0.458 e. The minimum absolute atomic E-state index is 0.102. The van der Waals surface area contributed by atoms with Crippen LogP contribution in [0, 0.1) is 0 Å². The SMILES string of the molecule is CN=C1COCC(c2cccc(NC(=O)c3cc(Br)co3)c2)(C(F)F)N1. The van der Waals surface area contributed by atoms with Gasteiger partial charge in [-0.2, -0.15) is 0 Å². The maximum absolute atomic E-state index is 13.9. The van der Waals surface area contributed by atoms with Crippen LogP contribution in [0.5, 0.6) is 0 Å². The molecular weight excluding hydrogens is 412 g/mol. The molecule has 1 aliphatic heterocycles. The molecule has 1 fully saturated rings. The lowest BCUT2D eigenvalue weighted by Crippen LogP contribution is -2.59. The molecule has 1 unspecified atom stereocenters. The molecule has 1 atom stereocenters. The first kappa shape index (κ1) is 18.5. The molecule has 2 N–H and O–H groups in total. The number of nitrogens with one attached hydrogen (secondary N) is 2. The van der Waals surface area contributed by atoms with E-state index in [1.54, 1.807) is 18.2 Å². The van der Waals surface area contributed by atoms with Gasteiger partial charge in [0.2, 0.25) is 0 Å². The van der Waals surface area contributed by atoms with Crippen LogP contribution in [0.3, 0.4) is 0 Å². The minimum atomic E-state index is -2.74. The predicted molar refractivity (Wildman–Crippen MR) is 95.8 cm³/mol. The van der Waals surface area contributed by atoms with Gasteiger partial charge < -0.3 is 19.8 Å². The second-order valence-electron chi connectivity index (χ2n) is 5.72. The number of amidine groups is 1. The normalized spacial score (nSPS) is 21.7. The topological polar surface area (TPSA) is 75.9 Å². The first-order valence-corrected chi connectivity index (χ1v) is 8.49. The van der Waals surface area contributed by atoms with E-state index in [0.29, 0.717) is 16.0 Å². The van der Waals surface area contributed by atoms with E-state index < -0.39 is 17.9 Å². The summed E-state index contributed by atoms with van der Waals surface area (Å²) in [6.07, 6.45) is -1.36. The Morgan fingerprint density at radius 1 is 1.42 bits per heavy atom. The van der Waals surface area contributed by atoms with E-state index in [1.807, 2.05) is 0 Å². The average Bonchev–Trinajstić information content (AvgIpc) is 3.08. The Labute approximate surface area is 156 Å². The maximum atomic E-state index is 13.9. The van der Waals surface area contributed by atoms with Crippen LogP contribution in [0.4, 0.5) is 14.5 Å². The van der Waals surface area contributed by atoms with Gasteiger partial charge in [-0.05, 0) is 33.6 Å². The second kappa shape index (κ2) is 7.55. The highest BCUT2D eigenvalue weighted by atomic mass is 79.9. The number of amides is 1. The van der Waals surface area contributed by atoms with Gasteiger partial charge in [0.25, 0.3) is 12.3 Å². The summed E-state index contributed by atoms with van der Waals surface area (Å²) in [5, 5.41) is 5.42. The van der Waals surface area contributed by atoms with Crippen LogP contribution in [0.2, 0.25) is 0 Å². The standard InChI is InChI=1S/C17H16BrF2N3O3/c1-21-14-8-25-9-17(23-14,16(19)20)10-3-2-4-12(5-10)22-15(24)13-6-11(18)7-26-13/h2-7,16H,8-9H2,1H3,(H,21,23)(H,22,24). The summed E-state index contributed by atoms with van der Waals surface area (Å²) >= 11 is 3.19. The number of halogens is 3. The van der Waals surface area contributed by atoms with Crippen molar-refractivity contribution in [2.45, 2.75) is 12.0 Å². The molecule has 2 heterocycles. The average molecular weight is 428 g/mol. The molecule has 1 aromatic heterocycles. The molecule has 26 heavy (non-hydrogen) atoms. The minimum Gasteiger partial charge on any atom is -0.458 e. The molecule has 2 aromatic rings. The summed E-state index contributed by atoms with van der Waals surface area (Å²) in [4.78, 5) is 16.1. The number of carbonyl (C=O) groups excluding carboxylic acids is 1. The molecule has 9 heteroatoms. The van der Waals surface area contributed by atoms with Crippen LogP contribution in [0.15, 0.2) is 50.5 Å². The molecule has 1 saturated heterocycles. The molecule has 0 radical (unpaired) electrons. The highest BCUT2D eigenvalue weighted by Gasteiger charge is 2.45. The zero-order chi connectivity index (χ0) is 18.7. The third-order valence-electron chi connectivity index (χ3n) is 4.01. The highest BCUT2D eigenvalue weighted by Crippen LogP contribution is 2.32. The quantitative estimate of drug-likeness (QED) is 0.783. The number of ether oxygens (including phenoxy) is 1. The fourth-order valence-corrected chi connectivity index (χ4v) is 2.96. The summed E-state index contributed by atoms with van der Waals surface area (Å²) in [6.45, 7) is -0.0685. The Morgan fingerprint density at radius 3 is 2.88 bits per heavy atom. The summed E-state index contributed by atoms with van der Waals surface area (Å²) < 4.78 is 38.9. The number of nitrogens with zero attached hydrogens (tertiary/aromatic N) is 1. The molecule has 0 saturated carbocycles. The van der Waals surface area contributed by atoms with Gasteiger partial charge in [-0.1, -0.05) is 12.1 Å². The number of hydrogen-bond acceptors (Lipinski definition) is 4. The van der Waals surface area contributed by atoms with Gasteiger partial charge in [0.1, 0.15) is 24.2 Å². The van der Waals surface area contributed by atoms with Gasteiger partial charge in [-0.15, -0.1) is 0 Å². The Kier molecular flexibility index (Phi) is 5.38. The van der Waals surface area contributed by atoms with Gasteiger partial charge >= 0.3 is 0 Å². The number of rotatable bonds is 4. The third kappa shape index (κ3) is 3.63. The van der Waals surface area contributed by atoms with E-state index in [9.17, 15) is 13.6 Å². The van der Waals surface area contributed by atoms with E-state index in [2.05, 4.69) is 31.6 Å². The fraction of sp³-hybridized carbons (Fsp3) is 0.294. The Morgan fingerprint density at radius 2 is 2.23 bits per heavy atom. The van der Waals surface area contributed by atoms with Crippen molar-refractivity contribution < 1.29 is 22.7 Å². The van der Waals surface area contributed by atoms with Gasteiger partial charge in [0.05, 0.1) is 11.1 Å². The zero-order valence-corrected chi connectivity index (χ0v) is 15.3. The summed E-state index contributed by atoms with van der Waals surface area (Å²) in [5.41, 5.74) is -1.09. The van der Waals surface area contributed by atoms with E-state index >= 15 is 0 Å². The lowest BCUT2D eigenvalue weighted by atomic mass is 9.89. The smallest absolute Gasteiger partial charge is 0.291 e. The van der Waals surface area contributed by atoms with E-state index in [1.165, 1.54) is 25.4 Å². The molecular formula is C17H16BrF2N3O3. The summed E-state index contributed by atoms with van der Waals surface area (Å²) in [5.74, 6) is -0.0422. The van der Waals surface area contributed by atoms with E-state index in [0.717, 1.165) is 0 Å². The highest BCUT2D eigenvalue weighted by molar-refractivity contribution is 9.10. The molecule has 3 rings (SSSR count).